The Bertz CT molecular complexity index is 242. The third kappa shape index (κ3) is 4.30. The smallest absolute Gasteiger partial charge is 0.237 e. The number of unbranched alkanes of at least 4 members (excludes halogenated alkanes) is 1. The molecule has 3 heteroatoms. The van der Waals surface area contributed by atoms with E-state index in [1.54, 1.807) is 0 Å². The lowest BCUT2D eigenvalue weighted by Gasteiger charge is -2.35. The molecule has 1 saturated carbocycles. The van der Waals surface area contributed by atoms with Gasteiger partial charge in [-0.3, -0.25) is 4.79 Å². The molecular weight excluding hydrogens is 212 g/mol. The highest BCUT2D eigenvalue weighted by Crippen LogP contribution is 2.29. The van der Waals surface area contributed by atoms with Gasteiger partial charge in [-0.05, 0) is 24.7 Å². The van der Waals surface area contributed by atoms with Crippen molar-refractivity contribution in [1.29, 1.82) is 0 Å². The van der Waals surface area contributed by atoms with Crippen LogP contribution in [0.5, 0.6) is 0 Å². The van der Waals surface area contributed by atoms with E-state index in [4.69, 9.17) is 5.73 Å². The Morgan fingerprint density at radius 1 is 1.41 bits per heavy atom. The number of nitrogens with two attached hydrogens (primary N) is 1. The van der Waals surface area contributed by atoms with Gasteiger partial charge in [0.15, 0.2) is 0 Å². The van der Waals surface area contributed by atoms with Gasteiger partial charge in [-0.25, -0.2) is 0 Å². The maximum absolute atomic E-state index is 11.9. The topological polar surface area (TPSA) is 55.1 Å². The Kier molecular flexibility index (Phi) is 5.96. The molecule has 1 amide bonds. The number of amides is 1. The van der Waals surface area contributed by atoms with Crippen LogP contribution in [0.3, 0.4) is 0 Å². The minimum atomic E-state index is -0.320. The van der Waals surface area contributed by atoms with Crippen LogP contribution in [0.4, 0.5) is 0 Å². The van der Waals surface area contributed by atoms with Gasteiger partial charge in [-0.1, -0.05) is 46.5 Å². The van der Waals surface area contributed by atoms with E-state index in [-0.39, 0.29) is 11.9 Å². The average Bonchev–Trinajstić information content (AvgIpc) is 2.31. The van der Waals surface area contributed by atoms with Crippen molar-refractivity contribution in [2.24, 2.45) is 17.6 Å². The first-order valence-electron chi connectivity index (χ1n) is 7.12. The largest absolute Gasteiger partial charge is 0.352 e. The van der Waals surface area contributed by atoms with Gasteiger partial charge < -0.3 is 11.1 Å². The zero-order valence-electron chi connectivity index (χ0n) is 11.5. The normalized spacial score (nSPS) is 30.9. The van der Waals surface area contributed by atoms with Crippen molar-refractivity contribution >= 4 is 5.91 Å². The van der Waals surface area contributed by atoms with Gasteiger partial charge in [0.1, 0.15) is 0 Å². The van der Waals surface area contributed by atoms with Gasteiger partial charge in [0.25, 0.3) is 0 Å². The van der Waals surface area contributed by atoms with Crippen LogP contribution in [-0.4, -0.2) is 18.0 Å². The van der Waals surface area contributed by atoms with Gasteiger partial charge in [-0.15, -0.1) is 0 Å². The lowest BCUT2D eigenvalue weighted by Crippen LogP contribution is -2.49. The van der Waals surface area contributed by atoms with Crippen molar-refractivity contribution in [2.75, 3.05) is 0 Å². The van der Waals surface area contributed by atoms with Crippen LogP contribution in [0, 0.1) is 11.8 Å². The minimum absolute atomic E-state index is 0.0457. The molecule has 0 spiro atoms. The molecule has 0 saturated heterocycles. The van der Waals surface area contributed by atoms with Gasteiger partial charge in [-0.2, -0.15) is 0 Å². The van der Waals surface area contributed by atoms with Gasteiger partial charge in [0, 0.05) is 6.04 Å². The molecule has 1 rings (SSSR count). The molecule has 3 nitrogen and oxygen atoms in total. The molecule has 100 valence electrons. The van der Waals surface area contributed by atoms with E-state index < -0.39 is 0 Å². The first kappa shape index (κ1) is 14.5. The van der Waals surface area contributed by atoms with Crippen LogP contribution < -0.4 is 11.1 Å². The fourth-order valence-electron chi connectivity index (χ4n) is 2.63. The van der Waals surface area contributed by atoms with Crippen molar-refractivity contribution in [3.8, 4) is 0 Å². The lowest BCUT2D eigenvalue weighted by atomic mass is 9.78. The molecule has 3 N–H and O–H groups in total. The molecule has 1 aliphatic rings. The van der Waals surface area contributed by atoms with E-state index in [2.05, 4.69) is 26.1 Å². The number of carbonyl (C=O) groups is 1. The first-order chi connectivity index (χ1) is 8.06. The standard InChI is InChI=1S/C14H28N2O/c1-4-5-8-12(15)14(17)16-13-9-6-7-10(2)11(13)3/h10-13H,4-9,15H2,1-3H3,(H,16,17). The second kappa shape index (κ2) is 7.00. The van der Waals surface area contributed by atoms with Crippen molar-refractivity contribution in [3.05, 3.63) is 0 Å². The predicted octanol–water partition coefficient (Wildman–Crippen LogP) is 2.44. The Hall–Kier alpha value is -0.570. The molecule has 0 aromatic heterocycles. The molecule has 0 heterocycles. The van der Waals surface area contributed by atoms with Crippen LogP contribution in [0.1, 0.15) is 59.3 Å². The van der Waals surface area contributed by atoms with Gasteiger partial charge in [0.05, 0.1) is 6.04 Å². The van der Waals surface area contributed by atoms with E-state index in [9.17, 15) is 4.79 Å². The zero-order chi connectivity index (χ0) is 12.8. The molecule has 4 atom stereocenters. The number of hydrogen-bond acceptors (Lipinski definition) is 2. The quantitative estimate of drug-likeness (QED) is 0.775. The average molecular weight is 240 g/mol. The summed E-state index contributed by atoms with van der Waals surface area (Å²) in [5, 5.41) is 3.14. The summed E-state index contributed by atoms with van der Waals surface area (Å²) < 4.78 is 0. The van der Waals surface area contributed by atoms with Crippen LogP contribution in [-0.2, 0) is 4.79 Å². The van der Waals surface area contributed by atoms with Crippen molar-refractivity contribution in [3.63, 3.8) is 0 Å². The molecule has 0 radical (unpaired) electrons. The van der Waals surface area contributed by atoms with E-state index in [0.717, 1.165) is 25.7 Å². The molecule has 1 aliphatic carbocycles. The molecule has 0 aromatic carbocycles. The Balaban J connectivity index is 2.39. The number of rotatable bonds is 5. The van der Waals surface area contributed by atoms with Gasteiger partial charge in [0.2, 0.25) is 5.91 Å². The SMILES string of the molecule is CCCCC(N)C(=O)NC1CCCC(C)C1C. The fraction of sp³-hybridized carbons (Fsp3) is 0.929. The maximum Gasteiger partial charge on any atom is 0.237 e. The molecule has 1 fully saturated rings. The summed E-state index contributed by atoms with van der Waals surface area (Å²) in [6.07, 6.45) is 6.55. The second-order valence-electron chi connectivity index (χ2n) is 5.63. The summed E-state index contributed by atoms with van der Waals surface area (Å²) in [6, 6.07) is 0.0123. The van der Waals surface area contributed by atoms with Crippen molar-refractivity contribution < 1.29 is 4.79 Å². The summed E-state index contributed by atoms with van der Waals surface area (Å²) >= 11 is 0. The molecular formula is C14H28N2O. The van der Waals surface area contributed by atoms with Crippen LogP contribution in [0.15, 0.2) is 0 Å². The summed E-state index contributed by atoms with van der Waals surface area (Å²) in [4.78, 5) is 11.9. The highest BCUT2D eigenvalue weighted by Gasteiger charge is 2.29. The fourth-order valence-corrected chi connectivity index (χ4v) is 2.63. The summed E-state index contributed by atoms with van der Waals surface area (Å²) in [5.74, 6) is 1.33. The van der Waals surface area contributed by atoms with E-state index in [0.29, 0.717) is 17.9 Å². The summed E-state index contributed by atoms with van der Waals surface area (Å²) in [5.41, 5.74) is 5.89. The highest BCUT2D eigenvalue weighted by molar-refractivity contribution is 5.81. The number of carbonyl (C=O) groups excluding carboxylic acids is 1. The maximum atomic E-state index is 11.9. The number of nitrogens with one attached hydrogen (secondary N) is 1. The number of hydrogen-bond donors (Lipinski definition) is 2. The molecule has 0 bridgehead atoms. The van der Waals surface area contributed by atoms with Crippen molar-refractivity contribution in [2.45, 2.75) is 71.4 Å². The summed E-state index contributed by atoms with van der Waals surface area (Å²) in [6.45, 7) is 6.64. The highest BCUT2D eigenvalue weighted by atomic mass is 16.2. The van der Waals surface area contributed by atoms with Crippen LogP contribution >= 0.6 is 0 Å². The van der Waals surface area contributed by atoms with E-state index in [1.165, 1.54) is 12.8 Å². The van der Waals surface area contributed by atoms with Crippen molar-refractivity contribution in [1.82, 2.24) is 5.32 Å². The Labute approximate surface area is 106 Å². The third-order valence-electron chi connectivity index (χ3n) is 4.24. The monoisotopic (exact) mass is 240 g/mol. The lowest BCUT2D eigenvalue weighted by molar-refractivity contribution is -0.124. The molecule has 4 unspecified atom stereocenters. The minimum Gasteiger partial charge on any atom is -0.352 e. The molecule has 0 aliphatic heterocycles. The van der Waals surface area contributed by atoms with Crippen LogP contribution in [0.25, 0.3) is 0 Å². The molecule has 0 aromatic rings. The van der Waals surface area contributed by atoms with Crippen LogP contribution in [0.2, 0.25) is 0 Å². The van der Waals surface area contributed by atoms with E-state index in [1.807, 2.05) is 0 Å². The Morgan fingerprint density at radius 3 is 2.76 bits per heavy atom. The summed E-state index contributed by atoms with van der Waals surface area (Å²) in [7, 11) is 0. The second-order valence-corrected chi connectivity index (χ2v) is 5.63. The first-order valence-corrected chi connectivity index (χ1v) is 7.12. The van der Waals surface area contributed by atoms with E-state index >= 15 is 0 Å². The Morgan fingerprint density at radius 2 is 2.12 bits per heavy atom. The predicted molar refractivity (Wildman–Crippen MR) is 71.6 cm³/mol. The zero-order valence-corrected chi connectivity index (χ0v) is 11.5. The van der Waals surface area contributed by atoms with Gasteiger partial charge >= 0.3 is 0 Å². The molecule has 17 heavy (non-hydrogen) atoms. The third-order valence-corrected chi connectivity index (χ3v) is 4.24.